The number of hydrogen-bond donors (Lipinski definition) is 0. The van der Waals surface area contributed by atoms with Crippen LogP contribution < -0.4 is 0 Å². The summed E-state index contributed by atoms with van der Waals surface area (Å²) in [6, 6.07) is 80.4. The highest BCUT2D eigenvalue weighted by molar-refractivity contribution is 6.15. The SMILES string of the molecule is c1ccc(-c2ccc(-c3nc(-c4ccccc4)nc(-c4cccc5oc6cc(-c7cc(-n8c9ccccc9c9cc(-c%10ccccc%10)ccc98)c8oc9ccccc9c8c7)ccc6c45)n3)cc2)cc1. The minimum Gasteiger partial charge on any atom is -0.456 e. The minimum atomic E-state index is 0.576. The fourth-order valence-electron chi connectivity index (χ4n) is 10.2. The molecule has 0 bridgehead atoms. The molecular formula is C63H38N4O2. The zero-order valence-electron chi connectivity index (χ0n) is 37.0. The van der Waals surface area contributed by atoms with Gasteiger partial charge in [-0.25, -0.2) is 15.0 Å². The lowest BCUT2D eigenvalue weighted by molar-refractivity contribution is 0.666. The molecule has 0 unspecified atom stereocenters. The summed E-state index contributed by atoms with van der Waals surface area (Å²) in [4.78, 5) is 15.3. The first-order valence-corrected chi connectivity index (χ1v) is 23.2. The summed E-state index contributed by atoms with van der Waals surface area (Å²) in [7, 11) is 0. The smallest absolute Gasteiger partial charge is 0.164 e. The normalized spacial score (nSPS) is 11.8. The Bertz CT molecular complexity index is 4290. The molecule has 0 aliphatic heterocycles. The quantitative estimate of drug-likeness (QED) is 0.159. The van der Waals surface area contributed by atoms with Gasteiger partial charge in [0.05, 0.1) is 16.7 Å². The van der Waals surface area contributed by atoms with E-state index in [1.165, 1.54) is 21.9 Å². The monoisotopic (exact) mass is 882 g/mol. The largest absolute Gasteiger partial charge is 0.456 e. The predicted molar refractivity (Wildman–Crippen MR) is 281 cm³/mol. The van der Waals surface area contributed by atoms with E-state index in [0.717, 1.165) is 99.5 Å². The highest BCUT2D eigenvalue weighted by Crippen LogP contribution is 2.43. The van der Waals surface area contributed by atoms with Crippen LogP contribution in [0.5, 0.6) is 0 Å². The van der Waals surface area contributed by atoms with E-state index in [1.807, 2.05) is 54.6 Å². The van der Waals surface area contributed by atoms with Crippen LogP contribution in [0.4, 0.5) is 0 Å². The average molecular weight is 883 g/mol. The molecule has 10 aromatic carbocycles. The molecule has 0 radical (unpaired) electrons. The van der Waals surface area contributed by atoms with E-state index < -0.39 is 0 Å². The maximum atomic E-state index is 6.80. The second-order valence-corrected chi connectivity index (χ2v) is 17.5. The Kier molecular flexibility index (Phi) is 8.79. The molecule has 0 saturated carbocycles. The molecule has 0 fully saturated rings. The average Bonchev–Trinajstić information content (AvgIpc) is 4.10. The van der Waals surface area contributed by atoms with Gasteiger partial charge in [0.25, 0.3) is 0 Å². The Hall–Kier alpha value is -9.39. The van der Waals surface area contributed by atoms with Crippen LogP contribution in [0.15, 0.2) is 239 Å². The first-order chi connectivity index (χ1) is 34.2. The van der Waals surface area contributed by atoms with Gasteiger partial charge in [0, 0.05) is 49.0 Å². The summed E-state index contributed by atoms with van der Waals surface area (Å²) in [5.41, 5.74) is 15.8. The van der Waals surface area contributed by atoms with E-state index in [2.05, 4.69) is 180 Å². The zero-order chi connectivity index (χ0) is 45.4. The molecule has 0 amide bonds. The number of rotatable bonds is 7. The van der Waals surface area contributed by atoms with Gasteiger partial charge in [0.15, 0.2) is 23.1 Å². The van der Waals surface area contributed by atoms with Gasteiger partial charge in [-0.3, -0.25) is 0 Å². The first kappa shape index (κ1) is 38.8. The van der Waals surface area contributed by atoms with Crippen LogP contribution in [0.1, 0.15) is 0 Å². The molecule has 69 heavy (non-hydrogen) atoms. The number of nitrogens with zero attached hydrogens (tertiary/aromatic N) is 4. The fourth-order valence-corrected chi connectivity index (χ4v) is 10.2. The lowest BCUT2D eigenvalue weighted by Gasteiger charge is -2.12. The van der Waals surface area contributed by atoms with Gasteiger partial charge in [0.1, 0.15) is 16.7 Å². The third-order valence-electron chi connectivity index (χ3n) is 13.5. The lowest BCUT2D eigenvalue weighted by Crippen LogP contribution is -2.00. The lowest BCUT2D eigenvalue weighted by atomic mass is 9.99. The third-order valence-corrected chi connectivity index (χ3v) is 13.5. The molecule has 0 aliphatic carbocycles. The minimum absolute atomic E-state index is 0.576. The Morgan fingerprint density at radius 3 is 1.59 bits per heavy atom. The van der Waals surface area contributed by atoms with Gasteiger partial charge in [-0.05, 0) is 88.0 Å². The number of furan rings is 2. The Balaban J connectivity index is 0.930. The van der Waals surface area contributed by atoms with Gasteiger partial charge in [0.2, 0.25) is 0 Å². The molecule has 0 N–H and O–H groups in total. The molecule has 14 aromatic rings. The van der Waals surface area contributed by atoms with Gasteiger partial charge >= 0.3 is 0 Å². The second kappa shape index (κ2) is 15.6. The van der Waals surface area contributed by atoms with E-state index in [-0.39, 0.29) is 0 Å². The van der Waals surface area contributed by atoms with Crippen LogP contribution in [0, 0.1) is 0 Å². The van der Waals surface area contributed by atoms with Gasteiger partial charge < -0.3 is 13.4 Å². The third kappa shape index (κ3) is 6.45. The Morgan fingerprint density at radius 1 is 0.290 bits per heavy atom. The van der Waals surface area contributed by atoms with Crippen LogP contribution in [-0.4, -0.2) is 19.5 Å². The topological polar surface area (TPSA) is 69.9 Å². The molecule has 14 rings (SSSR count). The molecule has 322 valence electrons. The standard InChI is InChI=1S/C63H38N4O2/c1-4-15-39(16-5-1)41-27-29-43(30-28-41)62-64-61(42-19-8-3-9-20-42)65-63(66-62)50-23-14-26-57-59(50)49-33-31-45(38-58(49)68-57)46-36-52-48-22-11-13-25-56(48)69-60(52)55(37-46)67-53-24-12-10-21-47(53)51-35-44(32-34-54(51)67)40-17-6-2-7-18-40/h1-38H. The number of hydrogen-bond acceptors (Lipinski definition) is 5. The van der Waals surface area contributed by atoms with Crippen LogP contribution in [-0.2, 0) is 0 Å². The highest BCUT2D eigenvalue weighted by atomic mass is 16.3. The van der Waals surface area contributed by atoms with Crippen LogP contribution in [0.3, 0.4) is 0 Å². The molecule has 0 saturated heterocycles. The molecule has 6 nitrogen and oxygen atoms in total. The second-order valence-electron chi connectivity index (χ2n) is 17.5. The van der Waals surface area contributed by atoms with Crippen molar-refractivity contribution in [2.75, 3.05) is 0 Å². The fraction of sp³-hybridized carbons (Fsp3) is 0. The summed E-state index contributed by atoms with van der Waals surface area (Å²) in [6.45, 7) is 0. The van der Waals surface area contributed by atoms with Crippen molar-refractivity contribution >= 4 is 65.7 Å². The van der Waals surface area contributed by atoms with Crippen molar-refractivity contribution in [2.45, 2.75) is 0 Å². The molecular weight excluding hydrogens is 845 g/mol. The molecule has 6 heteroatoms. The molecule has 4 aromatic heterocycles. The van der Waals surface area contributed by atoms with Crippen molar-refractivity contribution in [3.63, 3.8) is 0 Å². The van der Waals surface area contributed by atoms with Crippen molar-refractivity contribution in [3.8, 4) is 73.2 Å². The summed E-state index contributed by atoms with van der Waals surface area (Å²) < 4.78 is 15.9. The van der Waals surface area contributed by atoms with E-state index >= 15 is 0 Å². The Labute approximate surface area is 396 Å². The number of aromatic nitrogens is 4. The van der Waals surface area contributed by atoms with Crippen molar-refractivity contribution in [1.29, 1.82) is 0 Å². The molecule has 0 spiro atoms. The van der Waals surface area contributed by atoms with E-state index in [1.54, 1.807) is 0 Å². The van der Waals surface area contributed by atoms with Crippen LogP contribution in [0.25, 0.3) is 139 Å². The number of fused-ring (bicyclic) bond motifs is 9. The van der Waals surface area contributed by atoms with Crippen LogP contribution >= 0.6 is 0 Å². The zero-order valence-corrected chi connectivity index (χ0v) is 37.0. The van der Waals surface area contributed by atoms with Crippen molar-refractivity contribution in [2.24, 2.45) is 0 Å². The van der Waals surface area contributed by atoms with E-state index in [4.69, 9.17) is 23.8 Å². The molecule has 0 atom stereocenters. The maximum absolute atomic E-state index is 6.80. The van der Waals surface area contributed by atoms with Gasteiger partial charge in [-0.15, -0.1) is 0 Å². The summed E-state index contributed by atoms with van der Waals surface area (Å²) in [5.74, 6) is 1.78. The van der Waals surface area contributed by atoms with Gasteiger partial charge in [-0.1, -0.05) is 176 Å². The van der Waals surface area contributed by atoms with Crippen molar-refractivity contribution in [3.05, 3.63) is 231 Å². The van der Waals surface area contributed by atoms with E-state index in [9.17, 15) is 0 Å². The maximum Gasteiger partial charge on any atom is 0.164 e. The summed E-state index contributed by atoms with van der Waals surface area (Å²) in [6.07, 6.45) is 0. The first-order valence-electron chi connectivity index (χ1n) is 23.2. The highest BCUT2D eigenvalue weighted by Gasteiger charge is 2.22. The Morgan fingerprint density at radius 2 is 0.826 bits per heavy atom. The van der Waals surface area contributed by atoms with Crippen molar-refractivity contribution < 1.29 is 8.83 Å². The molecule has 0 aliphatic rings. The molecule has 4 heterocycles. The summed E-state index contributed by atoms with van der Waals surface area (Å²) in [5, 5.41) is 6.41. The van der Waals surface area contributed by atoms with Crippen LogP contribution in [0.2, 0.25) is 0 Å². The van der Waals surface area contributed by atoms with Crippen molar-refractivity contribution in [1.82, 2.24) is 19.5 Å². The number of para-hydroxylation sites is 2. The summed E-state index contributed by atoms with van der Waals surface area (Å²) >= 11 is 0. The predicted octanol–water partition coefficient (Wildman–Crippen LogP) is 16.8. The van der Waals surface area contributed by atoms with Gasteiger partial charge in [-0.2, -0.15) is 0 Å². The number of benzene rings is 10. The van der Waals surface area contributed by atoms with E-state index in [0.29, 0.717) is 17.5 Å².